The van der Waals surface area contributed by atoms with Crippen molar-refractivity contribution in [3.8, 4) is 0 Å². The number of likely N-dealkylation sites (N-methyl/N-ethyl adjacent to an activating group) is 2. The predicted octanol–water partition coefficient (Wildman–Crippen LogP) is 6.86. The Labute approximate surface area is 380 Å². The molecule has 0 aliphatic heterocycles. The summed E-state index contributed by atoms with van der Waals surface area (Å²) < 4.78 is 74.9. The van der Waals surface area contributed by atoms with Crippen molar-refractivity contribution in [2.75, 3.05) is 54.5 Å². The molecule has 5 aromatic carbocycles. The van der Waals surface area contributed by atoms with Gasteiger partial charge in [-0.05, 0) is 60.7 Å². The Hall–Kier alpha value is -5.84. The maximum atomic E-state index is 12.2. The lowest BCUT2D eigenvalue weighted by Crippen LogP contribution is -2.42. The van der Waals surface area contributed by atoms with E-state index >= 15 is 0 Å². The first-order chi connectivity index (χ1) is 29.7. The van der Waals surface area contributed by atoms with Gasteiger partial charge in [-0.15, -0.1) is 0 Å². The third-order valence-electron chi connectivity index (χ3n) is 8.90. The average Bonchev–Trinajstić information content (AvgIpc) is 3.21. The molecule has 5 rings (SSSR count). The van der Waals surface area contributed by atoms with Gasteiger partial charge in [0.25, 0.3) is 11.4 Å². The van der Waals surface area contributed by atoms with E-state index in [-0.39, 0.29) is 11.9 Å². The van der Waals surface area contributed by atoms with Crippen molar-refractivity contribution in [2.45, 2.75) is 22.9 Å². The minimum absolute atomic E-state index is 0.334. The summed E-state index contributed by atoms with van der Waals surface area (Å²) in [5.74, 6) is -0.682. The lowest BCUT2D eigenvalue weighted by Gasteiger charge is -2.30. The number of carbonyl (C=O) groups is 2. The topological polar surface area (TPSA) is 253 Å². The van der Waals surface area contributed by atoms with E-state index in [4.69, 9.17) is 32.7 Å². The molecule has 0 N–H and O–H groups in total. The Morgan fingerprint density at radius 2 is 0.859 bits per heavy atom. The first kappa shape index (κ1) is 52.5. The van der Waals surface area contributed by atoms with Crippen LogP contribution in [0.15, 0.2) is 131 Å². The minimum atomic E-state index is -4.61. The second kappa shape index (κ2) is 23.2. The molecule has 0 bridgehead atoms. The van der Waals surface area contributed by atoms with Gasteiger partial charge in [0.1, 0.15) is 59.6 Å². The largest absolute Gasteiger partial charge is 0.744 e. The number of benzene rings is 5. The summed E-state index contributed by atoms with van der Waals surface area (Å²) in [5, 5.41) is 21.6. The van der Waals surface area contributed by atoms with Crippen molar-refractivity contribution < 1.29 is 63.8 Å². The summed E-state index contributed by atoms with van der Waals surface area (Å²) in [7, 11) is -0.745. The zero-order valence-corrected chi connectivity index (χ0v) is 38.0. The zero-order valence-electron chi connectivity index (χ0n) is 34.9. The second-order valence-electron chi connectivity index (χ2n) is 15.2. The molecule has 0 saturated heterocycles. The summed E-state index contributed by atoms with van der Waals surface area (Å²) in [6.45, 7) is 3.69. The first-order valence-electron chi connectivity index (χ1n) is 18.7. The molecule has 0 heterocycles. The molecule has 0 unspecified atom stereocenters. The van der Waals surface area contributed by atoms with E-state index in [1.807, 2.05) is 0 Å². The van der Waals surface area contributed by atoms with Crippen molar-refractivity contribution in [3.63, 3.8) is 0 Å². The Bertz CT molecular complexity index is 2450. The van der Waals surface area contributed by atoms with Crippen LogP contribution in [0.3, 0.4) is 0 Å². The van der Waals surface area contributed by atoms with Crippen molar-refractivity contribution >= 4 is 66.8 Å². The number of halogens is 2. The smallest absolute Gasteiger partial charge is 0.338 e. The van der Waals surface area contributed by atoms with E-state index in [2.05, 4.69) is 52.5 Å². The van der Waals surface area contributed by atoms with Gasteiger partial charge < -0.3 is 27.5 Å². The number of non-ortho nitro benzene ring substituents is 2. The molecule has 0 amide bonds. The van der Waals surface area contributed by atoms with Gasteiger partial charge in [-0.2, -0.15) is 0 Å². The van der Waals surface area contributed by atoms with Gasteiger partial charge >= 0.3 is 11.9 Å². The van der Waals surface area contributed by atoms with Crippen molar-refractivity contribution in [1.82, 2.24) is 0 Å². The third-order valence-corrected chi connectivity index (χ3v) is 11.1. The van der Waals surface area contributed by atoms with E-state index in [0.717, 1.165) is 61.6 Å². The number of hydrogen-bond acceptors (Lipinski definition) is 14. The molecular weight excluding hydrogens is 920 g/mol. The molecule has 0 fully saturated rings. The highest BCUT2D eigenvalue weighted by Gasteiger charge is 2.20. The number of esters is 2. The lowest BCUT2D eigenvalue weighted by atomic mass is 10.1. The molecule has 0 saturated carbocycles. The fraction of sp³-hybridized carbons (Fsp3) is 0.238. The fourth-order valence-electron chi connectivity index (χ4n) is 5.51. The summed E-state index contributed by atoms with van der Waals surface area (Å²) in [6, 6.07) is 29.9. The Kier molecular flexibility index (Phi) is 19.0. The van der Waals surface area contributed by atoms with Crippen LogP contribution in [0.1, 0.15) is 31.8 Å². The highest BCUT2D eigenvalue weighted by atomic mass is 35.5. The average molecular weight is 964 g/mol. The van der Waals surface area contributed by atoms with Gasteiger partial charge in [-0.3, -0.25) is 20.2 Å². The maximum Gasteiger partial charge on any atom is 0.338 e. The number of rotatable bonds is 16. The highest BCUT2D eigenvalue weighted by Crippen LogP contribution is 2.19. The molecule has 22 heteroatoms. The molecule has 5 aromatic rings. The summed E-state index contributed by atoms with van der Waals surface area (Å²) in [4.78, 5) is 42.1. The van der Waals surface area contributed by atoms with Crippen LogP contribution in [0.4, 0.5) is 11.4 Å². The maximum absolute atomic E-state index is 12.2. The monoisotopic (exact) mass is 962 g/mol. The van der Waals surface area contributed by atoms with E-state index < -0.39 is 51.2 Å². The first-order valence-corrected chi connectivity index (χ1v) is 22.3. The molecule has 0 aromatic heterocycles. The quantitative estimate of drug-likeness (QED) is 0.0322. The molecule has 0 atom stereocenters. The Morgan fingerprint density at radius 3 is 1.14 bits per heavy atom. The normalized spacial score (nSPS) is 11.5. The molecule has 0 aliphatic rings. The molecule has 0 spiro atoms. The van der Waals surface area contributed by atoms with Crippen LogP contribution in [0.25, 0.3) is 0 Å². The van der Waals surface area contributed by atoms with Crippen LogP contribution < -0.4 is 0 Å². The van der Waals surface area contributed by atoms with Crippen LogP contribution in [0, 0.1) is 20.2 Å². The molecule has 0 radical (unpaired) electrons. The number of carbonyl (C=O) groups excluding carboxylic acids is 2. The number of ether oxygens (including phenoxy) is 2. The highest BCUT2D eigenvalue weighted by molar-refractivity contribution is 7.86. The van der Waals surface area contributed by atoms with E-state index in [0.29, 0.717) is 56.4 Å². The van der Waals surface area contributed by atoms with Gasteiger partial charge in [0.05, 0.1) is 59.0 Å². The van der Waals surface area contributed by atoms with Crippen LogP contribution in [-0.4, -0.2) is 111 Å². The molecular formula is C42H44Cl2N4O14S2. The van der Waals surface area contributed by atoms with E-state index in [1.54, 1.807) is 48.5 Å². The Morgan fingerprint density at radius 1 is 0.547 bits per heavy atom. The fourth-order valence-corrected chi connectivity index (χ4v) is 6.78. The van der Waals surface area contributed by atoms with Gasteiger partial charge in [0.2, 0.25) is 0 Å². The van der Waals surface area contributed by atoms with Crippen molar-refractivity contribution in [3.05, 3.63) is 174 Å². The molecule has 342 valence electrons. The number of quaternary nitrogens is 2. The van der Waals surface area contributed by atoms with Gasteiger partial charge in [-0.1, -0.05) is 59.6 Å². The molecule has 0 aliphatic carbocycles. The zero-order chi connectivity index (χ0) is 47.9. The van der Waals surface area contributed by atoms with Crippen molar-refractivity contribution in [2.24, 2.45) is 0 Å². The second-order valence-corrected chi connectivity index (χ2v) is 18.8. The lowest BCUT2D eigenvalue weighted by molar-refractivity contribution is -0.904. The third kappa shape index (κ3) is 18.5. The number of nitro groups is 2. The minimum Gasteiger partial charge on any atom is -0.744 e. The van der Waals surface area contributed by atoms with Crippen molar-refractivity contribution in [1.29, 1.82) is 0 Å². The summed E-state index contributed by atoms with van der Waals surface area (Å²) in [6.07, 6.45) is 0. The number of nitro benzene ring substituents is 2. The van der Waals surface area contributed by atoms with Crippen LogP contribution in [-0.2, 0) is 42.8 Å². The summed E-state index contributed by atoms with van der Waals surface area (Å²) >= 11 is 11.8. The number of hydrogen-bond donors (Lipinski definition) is 0. The predicted molar refractivity (Wildman–Crippen MR) is 233 cm³/mol. The van der Waals surface area contributed by atoms with E-state index in [9.17, 15) is 55.8 Å². The SMILES string of the molecule is C[N+](C)(CCOC(=O)c1ccc(Cl)cc1)Cc1ccc(C[N+](C)(C)CCOC(=O)c2ccc(Cl)cc2)cc1.O=[N+]([O-])c1cccc(S(=O)(=O)[O-])c1.O=[N+]([O-])c1cccc(S(=O)(=O)[O-])c1. The van der Waals surface area contributed by atoms with Gasteiger partial charge in [0.15, 0.2) is 0 Å². The Balaban J connectivity index is 0.000000338. The van der Waals surface area contributed by atoms with Gasteiger partial charge in [-0.25, -0.2) is 26.4 Å². The van der Waals surface area contributed by atoms with E-state index in [1.165, 1.54) is 11.1 Å². The van der Waals surface area contributed by atoms with Crippen LogP contribution in [0.2, 0.25) is 10.0 Å². The molecule has 18 nitrogen and oxygen atoms in total. The van der Waals surface area contributed by atoms with Gasteiger partial charge in [0, 0.05) is 45.4 Å². The standard InChI is InChI=1S/C30H36Cl2N2O4.2C6H5NO5S/c1-33(2,17-19-37-29(35)25-9-13-27(31)14-10-25)21-23-5-7-24(8-6-23)22-34(3,4)18-20-38-30(36)26-11-15-28(32)16-12-26;2*8-7(9)5-2-1-3-6(4-5)13(10,11)12/h5-16H,17-22H2,1-4H3;2*1-4H,(H,10,11,12)/q+2;;/p-2. The van der Waals surface area contributed by atoms with Crippen LogP contribution >= 0.6 is 23.2 Å². The van der Waals surface area contributed by atoms with Crippen LogP contribution in [0.5, 0.6) is 0 Å². The number of nitrogens with zero attached hydrogens (tertiary/aromatic N) is 4. The molecule has 64 heavy (non-hydrogen) atoms. The summed E-state index contributed by atoms with van der Waals surface area (Å²) in [5.41, 5.74) is 2.58.